The second kappa shape index (κ2) is 11.7. The van der Waals surface area contributed by atoms with Gasteiger partial charge >= 0.3 is 0 Å². The molecule has 0 aliphatic rings. The van der Waals surface area contributed by atoms with Crippen LogP contribution in [0.5, 0.6) is 0 Å². The highest BCUT2D eigenvalue weighted by Crippen LogP contribution is 2.09. The van der Waals surface area contributed by atoms with Gasteiger partial charge in [-0.25, -0.2) is 9.37 Å². The molecule has 0 bridgehead atoms. The van der Waals surface area contributed by atoms with Gasteiger partial charge in [0.05, 0.1) is 11.9 Å². The summed E-state index contributed by atoms with van der Waals surface area (Å²) in [5.41, 5.74) is 2.60. The van der Waals surface area contributed by atoms with Crippen molar-refractivity contribution in [3.63, 3.8) is 0 Å². The number of carbonyl (C=O) groups is 1. The first-order valence-corrected chi connectivity index (χ1v) is 8.88. The smallest absolute Gasteiger partial charge is 0.151 e. The van der Waals surface area contributed by atoms with Crippen LogP contribution in [0.2, 0.25) is 0 Å². The molecule has 2 aromatic rings. The summed E-state index contributed by atoms with van der Waals surface area (Å²) in [5.74, 6) is 0.414. The third-order valence-electron chi connectivity index (χ3n) is 3.93. The molecule has 1 atom stereocenters. The van der Waals surface area contributed by atoms with Gasteiger partial charge in [0, 0.05) is 30.6 Å². The molecule has 0 radical (unpaired) electrons. The molecule has 1 N–H and O–H groups in total. The third-order valence-corrected chi connectivity index (χ3v) is 3.93. The molecule has 6 nitrogen and oxygen atoms in total. The molecule has 0 fully saturated rings. The Labute approximate surface area is 159 Å². The lowest BCUT2D eigenvalue weighted by Gasteiger charge is -2.09. The quantitative estimate of drug-likeness (QED) is 0.442. The molecule has 0 spiro atoms. The predicted molar refractivity (Wildman–Crippen MR) is 106 cm³/mol. The van der Waals surface area contributed by atoms with Crippen LogP contribution in [0.3, 0.4) is 0 Å². The molecule has 27 heavy (non-hydrogen) atoms. The third kappa shape index (κ3) is 7.13. The van der Waals surface area contributed by atoms with Gasteiger partial charge in [-0.15, -0.1) is 0 Å². The minimum atomic E-state index is -0.440. The highest BCUT2D eigenvalue weighted by molar-refractivity contribution is 5.99. The molecule has 2 aromatic heterocycles. The lowest BCUT2D eigenvalue weighted by Crippen LogP contribution is -2.07. The number of aromatic nitrogens is 2. The standard InChI is InChI=1S/C13H21N3O.C7H6FNO/c1-5-10(3)17-16-12(6-2)11-7-8-13(14-4)15-9-11;1-5-6(4-10)2-9-3-7(5)8/h7-10H,5-6H2,1-4H3,(H,14,15);2-4H,1H3/b16-12+;. The average molecular weight is 374 g/mol. The van der Waals surface area contributed by atoms with E-state index in [-0.39, 0.29) is 6.10 Å². The van der Waals surface area contributed by atoms with Gasteiger partial charge in [0.2, 0.25) is 0 Å². The van der Waals surface area contributed by atoms with Crippen LogP contribution in [-0.2, 0) is 4.84 Å². The first kappa shape index (κ1) is 22.2. The summed E-state index contributed by atoms with van der Waals surface area (Å²) in [6, 6.07) is 3.94. The highest BCUT2D eigenvalue weighted by Gasteiger charge is 2.04. The van der Waals surface area contributed by atoms with Gasteiger partial charge < -0.3 is 10.2 Å². The highest BCUT2D eigenvalue weighted by atomic mass is 19.1. The van der Waals surface area contributed by atoms with E-state index in [1.807, 2.05) is 32.3 Å². The van der Waals surface area contributed by atoms with Crippen molar-refractivity contribution in [3.8, 4) is 0 Å². The topological polar surface area (TPSA) is 76.5 Å². The molecular formula is C20H27FN4O2. The molecule has 7 heteroatoms. The number of hydrogen-bond acceptors (Lipinski definition) is 6. The maximum atomic E-state index is 12.5. The fourth-order valence-corrected chi connectivity index (χ4v) is 1.90. The molecule has 0 aliphatic carbocycles. The lowest BCUT2D eigenvalue weighted by atomic mass is 10.1. The second-order valence-corrected chi connectivity index (χ2v) is 5.85. The number of halogens is 1. The van der Waals surface area contributed by atoms with Crippen LogP contribution >= 0.6 is 0 Å². The van der Waals surface area contributed by atoms with E-state index in [4.69, 9.17) is 4.84 Å². The first-order valence-electron chi connectivity index (χ1n) is 8.88. The molecule has 2 heterocycles. The van der Waals surface area contributed by atoms with Crippen molar-refractivity contribution in [2.75, 3.05) is 12.4 Å². The summed E-state index contributed by atoms with van der Waals surface area (Å²) in [6.07, 6.45) is 6.77. The van der Waals surface area contributed by atoms with Gasteiger partial charge in [-0.2, -0.15) is 0 Å². The Balaban J connectivity index is 0.000000309. The maximum absolute atomic E-state index is 12.5. The number of oxime groups is 1. The molecule has 0 saturated carbocycles. The Kier molecular flexibility index (Phi) is 9.64. The number of rotatable bonds is 7. The first-order chi connectivity index (χ1) is 13.0. The lowest BCUT2D eigenvalue weighted by molar-refractivity contribution is 0.0697. The van der Waals surface area contributed by atoms with E-state index in [1.54, 1.807) is 6.92 Å². The minimum Gasteiger partial charge on any atom is -0.393 e. The number of anilines is 1. The van der Waals surface area contributed by atoms with Crippen molar-refractivity contribution in [2.24, 2.45) is 5.16 Å². The van der Waals surface area contributed by atoms with Gasteiger partial charge in [0.1, 0.15) is 17.7 Å². The van der Waals surface area contributed by atoms with Crippen LogP contribution in [0.25, 0.3) is 0 Å². The van der Waals surface area contributed by atoms with Crippen molar-refractivity contribution < 1.29 is 14.0 Å². The zero-order chi connectivity index (χ0) is 20.2. The van der Waals surface area contributed by atoms with Gasteiger partial charge in [-0.05, 0) is 44.4 Å². The Morgan fingerprint density at radius 2 is 2.07 bits per heavy atom. The number of nitrogens with zero attached hydrogens (tertiary/aromatic N) is 3. The normalized spacial score (nSPS) is 11.9. The van der Waals surface area contributed by atoms with Crippen molar-refractivity contribution in [3.05, 3.63) is 53.2 Å². The van der Waals surface area contributed by atoms with Crippen LogP contribution in [-0.4, -0.2) is 35.1 Å². The van der Waals surface area contributed by atoms with Crippen LogP contribution in [0.15, 0.2) is 35.9 Å². The van der Waals surface area contributed by atoms with Crippen LogP contribution in [0.1, 0.15) is 55.1 Å². The fourth-order valence-electron chi connectivity index (χ4n) is 1.90. The maximum Gasteiger partial charge on any atom is 0.151 e. The summed E-state index contributed by atoms with van der Waals surface area (Å²) < 4.78 is 12.5. The van der Waals surface area contributed by atoms with E-state index >= 15 is 0 Å². The largest absolute Gasteiger partial charge is 0.393 e. The van der Waals surface area contributed by atoms with Gasteiger partial charge in [-0.1, -0.05) is 19.0 Å². The van der Waals surface area contributed by atoms with Crippen LogP contribution < -0.4 is 5.32 Å². The molecule has 146 valence electrons. The number of nitrogens with one attached hydrogen (secondary N) is 1. The van der Waals surface area contributed by atoms with Crippen molar-refractivity contribution in [1.29, 1.82) is 0 Å². The molecule has 0 aromatic carbocycles. The van der Waals surface area contributed by atoms with Gasteiger partial charge in [0.15, 0.2) is 6.29 Å². The summed E-state index contributed by atoms with van der Waals surface area (Å²) in [7, 11) is 1.85. The monoisotopic (exact) mass is 374 g/mol. The summed E-state index contributed by atoms with van der Waals surface area (Å²) in [6.45, 7) is 7.69. The van der Waals surface area contributed by atoms with E-state index in [1.165, 1.54) is 6.20 Å². The zero-order valence-electron chi connectivity index (χ0n) is 16.5. The van der Waals surface area contributed by atoms with Crippen LogP contribution in [0, 0.1) is 12.7 Å². The minimum absolute atomic E-state index is 0.154. The molecule has 2 rings (SSSR count). The molecule has 0 saturated heterocycles. The van der Waals surface area contributed by atoms with E-state index in [2.05, 4.69) is 34.3 Å². The summed E-state index contributed by atoms with van der Waals surface area (Å²) in [4.78, 5) is 23.3. The van der Waals surface area contributed by atoms with E-state index in [9.17, 15) is 9.18 Å². The summed E-state index contributed by atoms with van der Waals surface area (Å²) in [5, 5.41) is 7.18. The second-order valence-electron chi connectivity index (χ2n) is 5.85. The molecule has 0 aliphatic heterocycles. The fraction of sp³-hybridized carbons (Fsp3) is 0.400. The molecule has 1 unspecified atom stereocenters. The SMILES string of the molecule is CC/C(=N\OC(C)CC)c1ccc(NC)nc1.Cc1c(F)cncc1C=O. The number of pyridine rings is 2. The van der Waals surface area contributed by atoms with Crippen molar-refractivity contribution in [2.45, 2.75) is 46.6 Å². The average Bonchev–Trinajstić information content (AvgIpc) is 2.71. The predicted octanol–water partition coefficient (Wildman–Crippen LogP) is 4.39. The van der Waals surface area contributed by atoms with Crippen molar-refractivity contribution in [1.82, 2.24) is 9.97 Å². The van der Waals surface area contributed by atoms with Crippen LogP contribution in [0.4, 0.5) is 10.2 Å². The summed E-state index contributed by atoms with van der Waals surface area (Å²) >= 11 is 0. The Hall–Kier alpha value is -2.83. The van der Waals surface area contributed by atoms with Gasteiger partial charge in [0.25, 0.3) is 0 Å². The molecule has 0 amide bonds. The Morgan fingerprint density at radius 3 is 2.56 bits per heavy atom. The van der Waals surface area contributed by atoms with Crippen molar-refractivity contribution >= 4 is 17.8 Å². The van der Waals surface area contributed by atoms with E-state index in [0.29, 0.717) is 17.4 Å². The van der Waals surface area contributed by atoms with Gasteiger partial charge in [-0.3, -0.25) is 9.78 Å². The zero-order valence-corrected chi connectivity index (χ0v) is 16.5. The Morgan fingerprint density at radius 1 is 1.33 bits per heavy atom. The number of hydrogen-bond donors (Lipinski definition) is 1. The van der Waals surface area contributed by atoms with E-state index in [0.717, 1.165) is 36.1 Å². The molecular weight excluding hydrogens is 347 g/mol. The number of carbonyl (C=O) groups excluding carboxylic acids is 1. The Bertz CT molecular complexity index is 748. The van der Waals surface area contributed by atoms with E-state index < -0.39 is 5.82 Å². The number of aldehydes is 1.